The van der Waals surface area contributed by atoms with Gasteiger partial charge in [0, 0.05) is 12.4 Å². The van der Waals surface area contributed by atoms with Gasteiger partial charge in [-0.1, -0.05) is 0 Å². The minimum Gasteiger partial charge on any atom is -0.385 e. The average molecular weight is 123 g/mol. The van der Waals surface area contributed by atoms with Crippen molar-refractivity contribution in [2.75, 3.05) is 0 Å². The SMILES string of the molecule is [CH2]C(O)c1ncccn1. The summed E-state index contributed by atoms with van der Waals surface area (Å²) in [6.45, 7) is 3.34. The molecule has 0 bridgehead atoms. The van der Waals surface area contributed by atoms with Crippen LogP contribution in [0, 0.1) is 6.92 Å². The van der Waals surface area contributed by atoms with Gasteiger partial charge in [0.15, 0.2) is 5.82 Å². The zero-order valence-corrected chi connectivity index (χ0v) is 4.86. The molecule has 0 amide bonds. The molecule has 1 heterocycles. The van der Waals surface area contributed by atoms with Crippen LogP contribution >= 0.6 is 0 Å². The number of hydrogen-bond acceptors (Lipinski definition) is 3. The quantitative estimate of drug-likeness (QED) is 0.585. The van der Waals surface area contributed by atoms with Gasteiger partial charge in [-0.25, -0.2) is 9.97 Å². The Morgan fingerprint density at radius 2 is 2.00 bits per heavy atom. The number of rotatable bonds is 1. The van der Waals surface area contributed by atoms with E-state index in [1.807, 2.05) is 0 Å². The summed E-state index contributed by atoms with van der Waals surface area (Å²) in [6.07, 6.45) is 2.32. The van der Waals surface area contributed by atoms with Gasteiger partial charge in [-0.2, -0.15) is 0 Å². The van der Waals surface area contributed by atoms with Gasteiger partial charge >= 0.3 is 0 Å². The molecule has 1 unspecified atom stereocenters. The molecule has 0 spiro atoms. The minimum absolute atomic E-state index is 0.359. The molecule has 1 aromatic rings. The fraction of sp³-hybridized carbons (Fsp3) is 0.167. The van der Waals surface area contributed by atoms with Crippen LogP contribution in [-0.4, -0.2) is 15.1 Å². The maximum Gasteiger partial charge on any atom is 0.156 e. The van der Waals surface area contributed by atoms with E-state index in [9.17, 15) is 0 Å². The summed E-state index contributed by atoms with van der Waals surface area (Å²) in [5.74, 6) is 0.359. The minimum atomic E-state index is -0.814. The lowest BCUT2D eigenvalue weighted by atomic mass is 10.4. The Hall–Kier alpha value is -0.960. The Balaban J connectivity index is 2.85. The maximum atomic E-state index is 8.79. The molecule has 1 aromatic heterocycles. The smallest absolute Gasteiger partial charge is 0.156 e. The Bertz CT molecular complexity index is 174. The summed E-state index contributed by atoms with van der Waals surface area (Å²) < 4.78 is 0. The third-order valence-electron chi connectivity index (χ3n) is 0.884. The van der Waals surface area contributed by atoms with Crippen molar-refractivity contribution < 1.29 is 5.11 Å². The molecule has 9 heavy (non-hydrogen) atoms. The second kappa shape index (κ2) is 2.55. The first kappa shape index (κ1) is 6.16. The molecule has 3 heteroatoms. The van der Waals surface area contributed by atoms with E-state index >= 15 is 0 Å². The number of aliphatic hydroxyl groups is 1. The lowest BCUT2D eigenvalue weighted by molar-refractivity contribution is 0.215. The van der Waals surface area contributed by atoms with Gasteiger partial charge in [0.25, 0.3) is 0 Å². The van der Waals surface area contributed by atoms with Gasteiger partial charge in [-0.15, -0.1) is 0 Å². The van der Waals surface area contributed by atoms with Gasteiger partial charge in [0.05, 0.1) is 0 Å². The molecule has 0 aliphatic carbocycles. The Kier molecular flexibility index (Phi) is 1.75. The molecule has 1 rings (SSSR count). The zero-order valence-electron chi connectivity index (χ0n) is 4.86. The average Bonchev–Trinajstić information content (AvgIpc) is 1.90. The molecule has 3 nitrogen and oxygen atoms in total. The molecule has 1 N–H and O–H groups in total. The predicted octanol–water partition coefficient (Wildman–Crippen LogP) is 0.344. The van der Waals surface area contributed by atoms with Crippen molar-refractivity contribution in [3.8, 4) is 0 Å². The Morgan fingerprint density at radius 3 is 2.33 bits per heavy atom. The van der Waals surface area contributed by atoms with Crippen LogP contribution in [-0.2, 0) is 0 Å². The molecule has 0 saturated heterocycles. The van der Waals surface area contributed by atoms with Gasteiger partial charge in [-0.3, -0.25) is 0 Å². The fourth-order valence-corrected chi connectivity index (χ4v) is 0.483. The molecule has 0 saturated carbocycles. The summed E-state index contributed by atoms with van der Waals surface area (Å²) >= 11 is 0. The first-order chi connectivity index (χ1) is 4.30. The second-order valence-electron chi connectivity index (χ2n) is 1.62. The second-order valence-corrected chi connectivity index (χ2v) is 1.62. The first-order valence-electron chi connectivity index (χ1n) is 2.59. The lowest BCUT2D eigenvalue weighted by Crippen LogP contribution is -1.97. The zero-order chi connectivity index (χ0) is 6.69. The van der Waals surface area contributed by atoms with Crippen LogP contribution in [0.15, 0.2) is 18.5 Å². The van der Waals surface area contributed by atoms with Crippen LogP contribution in [0.5, 0.6) is 0 Å². The Labute approximate surface area is 53.4 Å². The van der Waals surface area contributed by atoms with E-state index in [1.165, 1.54) is 0 Å². The molecule has 0 aliphatic heterocycles. The van der Waals surface area contributed by atoms with E-state index in [2.05, 4.69) is 16.9 Å². The van der Waals surface area contributed by atoms with Crippen molar-refractivity contribution in [2.45, 2.75) is 6.10 Å². The normalized spacial score (nSPS) is 13.1. The molecular formula is C6H7N2O. The summed E-state index contributed by atoms with van der Waals surface area (Å²) in [5, 5.41) is 8.79. The van der Waals surface area contributed by atoms with Crippen LogP contribution in [0.2, 0.25) is 0 Å². The van der Waals surface area contributed by atoms with E-state index < -0.39 is 6.10 Å². The molecule has 0 aliphatic rings. The molecule has 47 valence electrons. The number of hydrogen-bond donors (Lipinski definition) is 1. The summed E-state index contributed by atoms with van der Waals surface area (Å²) in [5.41, 5.74) is 0. The van der Waals surface area contributed by atoms with E-state index in [-0.39, 0.29) is 0 Å². The molecule has 0 aromatic carbocycles. The third kappa shape index (κ3) is 1.47. The molecule has 1 atom stereocenters. The summed E-state index contributed by atoms with van der Waals surface area (Å²) in [7, 11) is 0. The lowest BCUT2D eigenvalue weighted by Gasteiger charge is -1.97. The highest BCUT2D eigenvalue weighted by atomic mass is 16.3. The van der Waals surface area contributed by atoms with Gasteiger partial charge in [-0.05, 0) is 13.0 Å². The standard InChI is InChI=1S/C6H7N2O/c1-5(9)6-7-3-2-4-8-6/h2-5,9H,1H2. The number of aromatic nitrogens is 2. The first-order valence-corrected chi connectivity index (χ1v) is 2.59. The van der Waals surface area contributed by atoms with Gasteiger partial charge < -0.3 is 5.11 Å². The van der Waals surface area contributed by atoms with Gasteiger partial charge in [0.2, 0.25) is 0 Å². The monoisotopic (exact) mass is 123 g/mol. The van der Waals surface area contributed by atoms with Crippen LogP contribution < -0.4 is 0 Å². The van der Waals surface area contributed by atoms with E-state index in [0.717, 1.165) is 0 Å². The van der Waals surface area contributed by atoms with Crippen molar-refractivity contribution >= 4 is 0 Å². The van der Waals surface area contributed by atoms with Crippen LogP contribution in [0.3, 0.4) is 0 Å². The molecular weight excluding hydrogens is 116 g/mol. The topological polar surface area (TPSA) is 46.0 Å². The van der Waals surface area contributed by atoms with Crippen molar-refractivity contribution in [3.63, 3.8) is 0 Å². The maximum absolute atomic E-state index is 8.79. The fourth-order valence-electron chi connectivity index (χ4n) is 0.483. The van der Waals surface area contributed by atoms with Crippen molar-refractivity contribution in [1.29, 1.82) is 0 Å². The molecule has 1 radical (unpaired) electrons. The highest BCUT2D eigenvalue weighted by Crippen LogP contribution is 2.00. The van der Waals surface area contributed by atoms with Crippen LogP contribution in [0.25, 0.3) is 0 Å². The Morgan fingerprint density at radius 1 is 1.44 bits per heavy atom. The van der Waals surface area contributed by atoms with E-state index in [4.69, 9.17) is 5.11 Å². The van der Waals surface area contributed by atoms with E-state index in [1.54, 1.807) is 18.5 Å². The highest BCUT2D eigenvalue weighted by Gasteiger charge is 1.99. The van der Waals surface area contributed by atoms with E-state index in [0.29, 0.717) is 5.82 Å². The van der Waals surface area contributed by atoms with Gasteiger partial charge in [0.1, 0.15) is 6.10 Å². The largest absolute Gasteiger partial charge is 0.385 e. The van der Waals surface area contributed by atoms with Crippen LogP contribution in [0.4, 0.5) is 0 Å². The van der Waals surface area contributed by atoms with Crippen molar-refractivity contribution in [3.05, 3.63) is 31.2 Å². The summed E-state index contributed by atoms with van der Waals surface area (Å²) in [6, 6.07) is 1.69. The highest BCUT2D eigenvalue weighted by molar-refractivity contribution is 4.92. The van der Waals surface area contributed by atoms with Crippen LogP contribution in [0.1, 0.15) is 11.9 Å². The number of aliphatic hydroxyl groups excluding tert-OH is 1. The predicted molar refractivity (Wildman–Crippen MR) is 32.3 cm³/mol. The third-order valence-corrected chi connectivity index (χ3v) is 0.884. The van der Waals surface area contributed by atoms with Crippen molar-refractivity contribution in [2.24, 2.45) is 0 Å². The van der Waals surface area contributed by atoms with Crippen molar-refractivity contribution in [1.82, 2.24) is 9.97 Å². The molecule has 0 fully saturated rings. The summed E-state index contributed by atoms with van der Waals surface area (Å²) in [4.78, 5) is 7.51. The number of nitrogens with zero attached hydrogens (tertiary/aromatic N) is 2.